The first-order chi connectivity index (χ1) is 9.80. The molecule has 0 radical (unpaired) electrons. The molecule has 1 aromatic carbocycles. The molecule has 1 atom stereocenters. The van der Waals surface area contributed by atoms with Crippen LogP contribution in [0.1, 0.15) is 32.4 Å². The van der Waals surface area contributed by atoms with Gasteiger partial charge in [0.1, 0.15) is 5.60 Å². The van der Waals surface area contributed by atoms with Gasteiger partial charge in [-0.15, -0.1) is 0 Å². The Bertz CT molecular complexity index is 643. The van der Waals surface area contributed by atoms with Gasteiger partial charge in [0.15, 0.2) is 0 Å². The number of nitrogens with one attached hydrogen (secondary N) is 1. The van der Waals surface area contributed by atoms with E-state index in [4.69, 9.17) is 10.5 Å². The standard InChI is InChI=1S/C15H22N4O2/c1-15(2,3)21-14(20)18-12(8-16)10-5-6-13-11(7-10)17-9-19(13)4/h5-7,9,12H,8,16H2,1-4H3,(H,18,20). The highest BCUT2D eigenvalue weighted by Crippen LogP contribution is 2.19. The quantitative estimate of drug-likeness (QED) is 0.907. The zero-order valence-electron chi connectivity index (χ0n) is 12.9. The molecule has 1 heterocycles. The van der Waals surface area contributed by atoms with E-state index in [-0.39, 0.29) is 12.6 Å². The number of rotatable bonds is 3. The summed E-state index contributed by atoms with van der Waals surface area (Å²) in [5.41, 5.74) is 8.06. The molecule has 0 saturated heterocycles. The number of alkyl carbamates (subject to hydrolysis) is 1. The molecular formula is C15H22N4O2. The third-order valence-corrected chi connectivity index (χ3v) is 3.08. The molecule has 21 heavy (non-hydrogen) atoms. The van der Waals surface area contributed by atoms with E-state index in [1.807, 2.05) is 50.6 Å². The van der Waals surface area contributed by atoms with Gasteiger partial charge in [-0.1, -0.05) is 6.07 Å². The zero-order chi connectivity index (χ0) is 15.6. The molecular weight excluding hydrogens is 268 g/mol. The Hall–Kier alpha value is -2.08. The third kappa shape index (κ3) is 3.72. The lowest BCUT2D eigenvalue weighted by Gasteiger charge is -2.23. The second kappa shape index (κ2) is 5.73. The molecule has 6 heteroatoms. The van der Waals surface area contributed by atoms with Crippen molar-refractivity contribution in [2.24, 2.45) is 12.8 Å². The van der Waals surface area contributed by atoms with Crippen molar-refractivity contribution in [1.82, 2.24) is 14.9 Å². The Morgan fingerprint density at radius 1 is 1.48 bits per heavy atom. The molecule has 0 bridgehead atoms. The van der Waals surface area contributed by atoms with Gasteiger partial charge in [-0.3, -0.25) is 0 Å². The van der Waals surface area contributed by atoms with Crippen LogP contribution in [0.4, 0.5) is 4.79 Å². The highest BCUT2D eigenvalue weighted by Gasteiger charge is 2.20. The van der Waals surface area contributed by atoms with Crippen molar-refractivity contribution in [3.8, 4) is 0 Å². The Morgan fingerprint density at radius 2 is 2.19 bits per heavy atom. The maximum Gasteiger partial charge on any atom is 0.408 e. The number of fused-ring (bicyclic) bond motifs is 1. The number of hydrogen-bond donors (Lipinski definition) is 2. The van der Waals surface area contributed by atoms with E-state index in [0.29, 0.717) is 0 Å². The minimum atomic E-state index is -0.534. The molecule has 3 N–H and O–H groups in total. The highest BCUT2D eigenvalue weighted by atomic mass is 16.6. The van der Waals surface area contributed by atoms with Gasteiger partial charge < -0.3 is 20.4 Å². The van der Waals surface area contributed by atoms with E-state index in [1.165, 1.54) is 0 Å². The van der Waals surface area contributed by atoms with E-state index in [2.05, 4.69) is 10.3 Å². The van der Waals surface area contributed by atoms with Crippen LogP contribution in [-0.4, -0.2) is 27.8 Å². The summed E-state index contributed by atoms with van der Waals surface area (Å²) < 4.78 is 7.20. The maximum atomic E-state index is 11.9. The van der Waals surface area contributed by atoms with Crippen molar-refractivity contribution in [3.05, 3.63) is 30.1 Å². The minimum absolute atomic E-state index is 0.289. The van der Waals surface area contributed by atoms with Gasteiger partial charge in [-0.05, 0) is 38.5 Å². The van der Waals surface area contributed by atoms with Gasteiger partial charge >= 0.3 is 6.09 Å². The number of nitrogens with two attached hydrogens (primary N) is 1. The van der Waals surface area contributed by atoms with Crippen LogP contribution in [0, 0.1) is 0 Å². The molecule has 0 aliphatic rings. The van der Waals surface area contributed by atoms with E-state index < -0.39 is 11.7 Å². The molecule has 1 aromatic heterocycles. The Labute approximate surface area is 124 Å². The number of benzene rings is 1. The van der Waals surface area contributed by atoms with Crippen molar-refractivity contribution in [2.45, 2.75) is 32.4 Å². The van der Waals surface area contributed by atoms with Gasteiger partial charge in [0.25, 0.3) is 0 Å². The molecule has 2 aromatic rings. The van der Waals surface area contributed by atoms with Crippen molar-refractivity contribution in [3.63, 3.8) is 0 Å². The van der Waals surface area contributed by atoms with Crippen LogP contribution in [0.5, 0.6) is 0 Å². The van der Waals surface area contributed by atoms with Crippen LogP contribution in [0.15, 0.2) is 24.5 Å². The van der Waals surface area contributed by atoms with Crippen LogP contribution in [0.25, 0.3) is 11.0 Å². The Morgan fingerprint density at radius 3 is 2.81 bits per heavy atom. The van der Waals surface area contributed by atoms with Crippen molar-refractivity contribution >= 4 is 17.1 Å². The maximum absolute atomic E-state index is 11.9. The highest BCUT2D eigenvalue weighted by molar-refractivity contribution is 5.76. The van der Waals surface area contributed by atoms with Crippen LogP contribution >= 0.6 is 0 Å². The smallest absolute Gasteiger partial charge is 0.408 e. The molecule has 6 nitrogen and oxygen atoms in total. The predicted octanol–water partition coefficient (Wildman–Crippen LogP) is 2.10. The monoisotopic (exact) mass is 290 g/mol. The third-order valence-electron chi connectivity index (χ3n) is 3.08. The van der Waals surface area contributed by atoms with Gasteiger partial charge in [0.2, 0.25) is 0 Å². The molecule has 0 saturated carbocycles. The molecule has 0 fully saturated rings. The summed E-state index contributed by atoms with van der Waals surface area (Å²) in [7, 11) is 1.94. The summed E-state index contributed by atoms with van der Waals surface area (Å²) in [6.07, 6.45) is 1.28. The summed E-state index contributed by atoms with van der Waals surface area (Å²) in [5, 5.41) is 2.79. The van der Waals surface area contributed by atoms with E-state index in [9.17, 15) is 4.79 Å². The molecule has 0 aliphatic heterocycles. The minimum Gasteiger partial charge on any atom is -0.444 e. The zero-order valence-corrected chi connectivity index (χ0v) is 12.9. The van der Waals surface area contributed by atoms with E-state index in [0.717, 1.165) is 16.6 Å². The normalized spacial score (nSPS) is 13.2. The van der Waals surface area contributed by atoms with Crippen LogP contribution < -0.4 is 11.1 Å². The van der Waals surface area contributed by atoms with Crippen LogP contribution in [0.3, 0.4) is 0 Å². The lowest BCUT2D eigenvalue weighted by molar-refractivity contribution is 0.0505. The number of nitrogens with zero attached hydrogens (tertiary/aromatic N) is 2. The molecule has 0 spiro atoms. The average Bonchev–Trinajstić information content (AvgIpc) is 2.75. The first kappa shape index (κ1) is 15.3. The van der Waals surface area contributed by atoms with Gasteiger partial charge in [0, 0.05) is 13.6 Å². The van der Waals surface area contributed by atoms with Gasteiger partial charge in [-0.25, -0.2) is 9.78 Å². The fourth-order valence-electron chi connectivity index (χ4n) is 2.10. The topological polar surface area (TPSA) is 82.2 Å². The van der Waals surface area contributed by atoms with Crippen molar-refractivity contribution in [2.75, 3.05) is 6.54 Å². The second-order valence-corrected chi connectivity index (χ2v) is 6.04. The van der Waals surface area contributed by atoms with Gasteiger partial charge in [-0.2, -0.15) is 0 Å². The fourth-order valence-corrected chi connectivity index (χ4v) is 2.10. The largest absolute Gasteiger partial charge is 0.444 e. The number of aromatic nitrogens is 2. The number of carbonyl (C=O) groups is 1. The predicted molar refractivity (Wildman–Crippen MR) is 81.9 cm³/mol. The molecule has 1 unspecified atom stereocenters. The number of aryl methyl sites for hydroxylation is 1. The Kier molecular flexibility index (Phi) is 4.18. The summed E-state index contributed by atoms with van der Waals surface area (Å²) in [6, 6.07) is 5.55. The Balaban J connectivity index is 2.17. The van der Waals surface area contributed by atoms with Crippen LogP contribution in [-0.2, 0) is 11.8 Å². The molecule has 114 valence electrons. The summed E-state index contributed by atoms with van der Waals surface area (Å²) in [6.45, 7) is 5.76. The number of amides is 1. The summed E-state index contributed by atoms with van der Waals surface area (Å²) in [4.78, 5) is 16.2. The van der Waals surface area contributed by atoms with Crippen molar-refractivity contribution < 1.29 is 9.53 Å². The van der Waals surface area contributed by atoms with Crippen molar-refractivity contribution in [1.29, 1.82) is 0 Å². The van der Waals surface area contributed by atoms with E-state index >= 15 is 0 Å². The van der Waals surface area contributed by atoms with Gasteiger partial charge in [0.05, 0.1) is 23.4 Å². The lowest BCUT2D eigenvalue weighted by Crippen LogP contribution is -2.37. The number of carbonyl (C=O) groups excluding carboxylic acids is 1. The first-order valence-electron chi connectivity index (χ1n) is 6.91. The lowest BCUT2D eigenvalue weighted by atomic mass is 10.1. The second-order valence-electron chi connectivity index (χ2n) is 6.04. The van der Waals surface area contributed by atoms with Crippen LogP contribution in [0.2, 0.25) is 0 Å². The first-order valence-corrected chi connectivity index (χ1v) is 6.91. The molecule has 2 rings (SSSR count). The average molecular weight is 290 g/mol. The SMILES string of the molecule is Cn1cnc2cc(C(CN)NC(=O)OC(C)(C)C)ccc21. The number of hydrogen-bond acceptors (Lipinski definition) is 4. The molecule has 1 amide bonds. The summed E-state index contributed by atoms with van der Waals surface area (Å²) >= 11 is 0. The summed E-state index contributed by atoms with van der Waals surface area (Å²) in [5.74, 6) is 0. The number of ether oxygens (including phenoxy) is 1. The fraction of sp³-hybridized carbons (Fsp3) is 0.467. The molecule has 0 aliphatic carbocycles. The van der Waals surface area contributed by atoms with E-state index in [1.54, 1.807) is 6.33 Å². The number of imidazole rings is 1.